The molecule has 0 aliphatic heterocycles. The molecular weight excluding hydrogens is 419 g/mol. The van der Waals surface area contributed by atoms with Gasteiger partial charge in [-0.1, -0.05) is 60.7 Å². The first-order valence-electron chi connectivity index (χ1n) is 10.7. The Bertz CT molecular complexity index is 1340. The minimum Gasteiger partial charge on any atom is -0.349 e. The van der Waals surface area contributed by atoms with Crippen molar-refractivity contribution in [2.75, 3.05) is 20.6 Å². The summed E-state index contributed by atoms with van der Waals surface area (Å²) in [5.74, 6) is -0.720. The van der Waals surface area contributed by atoms with E-state index in [1.165, 1.54) is 16.8 Å². The minimum atomic E-state index is -0.392. The van der Waals surface area contributed by atoms with Gasteiger partial charge >= 0.3 is 0 Å². The average molecular weight is 445 g/mol. The number of likely N-dealkylation sites (N-methyl/N-ethyl adjacent to an activating group) is 1. The molecule has 1 aromatic heterocycles. The first-order chi connectivity index (χ1) is 15.9. The molecule has 1 atom stereocenters. The highest BCUT2D eigenvalue weighted by atomic mass is 19.1. The first kappa shape index (κ1) is 22.4. The Hall–Kier alpha value is -3.84. The van der Waals surface area contributed by atoms with E-state index in [0.717, 1.165) is 11.1 Å². The van der Waals surface area contributed by atoms with E-state index in [1.54, 1.807) is 30.3 Å². The third-order valence-electron chi connectivity index (χ3n) is 5.57. The molecule has 3 aromatic carbocycles. The number of rotatable bonds is 7. The number of nitrogens with one attached hydrogen (secondary N) is 1. The van der Waals surface area contributed by atoms with E-state index >= 15 is 0 Å². The number of carbonyl (C=O) groups excluding carboxylic acids is 1. The fourth-order valence-electron chi connectivity index (χ4n) is 3.85. The highest BCUT2D eigenvalue weighted by Gasteiger charge is 2.20. The van der Waals surface area contributed by atoms with E-state index in [9.17, 15) is 14.0 Å². The zero-order valence-corrected chi connectivity index (χ0v) is 18.5. The van der Waals surface area contributed by atoms with E-state index in [1.807, 2.05) is 55.4 Å². The number of aromatic nitrogens is 2. The van der Waals surface area contributed by atoms with Gasteiger partial charge < -0.3 is 10.2 Å². The maximum Gasteiger partial charge on any atom is 0.274 e. The highest BCUT2D eigenvalue weighted by Crippen LogP contribution is 2.19. The van der Waals surface area contributed by atoms with Crippen LogP contribution in [0.5, 0.6) is 0 Å². The zero-order valence-electron chi connectivity index (χ0n) is 18.5. The quantitative estimate of drug-likeness (QED) is 0.473. The predicted octanol–water partition coefficient (Wildman–Crippen LogP) is 3.62. The SMILES string of the molecule is CN(C)C(CNC(=O)c1nn(Cc2ccccc2)c(=O)c2ccccc12)c1cccc(F)c1. The normalized spacial score (nSPS) is 12.1. The Morgan fingerprint density at radius 2 is 1.70 bits per heavy atom. The second kappa shape index (κ2) is 9.75. The topological polar surface area (TPSA) is 67.2 Å². The first-order valence-corrected chi connectivity index (χ1v) is 10.7. The molecule has 33 heavy (non-hydrogen) atoms. The second-order valence-electron chi connectivity index (χ2n) is 8.09. The van der Waals surface area contributed by atoms with Crippen molar-refractivity contribution in [3.05, 3.63) is 112 Å². The van der Waals surface area contributed by atoms with E-state index in [-0.39, 0.29) is 36.2 Å². The van der Waals surface area contributed by atoms with Crippen molar-refractivity contribution in [3.63, 3.8) is 0 Å². The van der Waals surface area contributed by atoms with Gasteiger partial charge in [0.05, 0.1) is 18.0 Å². The number of hydrogen-bond donors (Lipinski definition) is 1. The fourth-order valence-corrected chi connectivity index (χ4v) is 3.85. The third-order valence-corrected chi connectivity index (χ3v) is 5.57. The molecule has 4 rings (SSSR count). The summed E-state index contributed by atoms with van der Waals surface area (Å²) in [6.45, 7) is 0.511. The van der Waals surface area contributed by atoms with E-state index in [2.05, 4.69) is 10.4 Å². The van der Waals surface area contributed by atoms with Gasteiger partial charge in [0, 0.05) is 11.9 Å². The van der Waals surface area contributed by atoms with Crippen molar-refractivity contribution in [1.82, 2.24) is 20.0 Å². The molecule has 0 aliphatic carbocycles. The lowest BCUT2D eigenvalue weighted by atomic mass is 10.1. The Labute approximate surface area is 191 Å². The van der Waals surface area contributed by atoms with Crippen LogP contribution in [0.15, 0.2) is 83.7 Å². The van der Waals surface area contributed by atoms with E-state index in [0.29, 0.717) is 10.8 Å². The standard InChI is InChI=1S/C26H25FN4O2/c1-30(2)23(19-11-8-12-20(27)15-19)16-28-25(32)24-21-13-6-7-14-22(21)26(33)31(29-24)17-18-9-4-3-5-10-18/h3-15,23H,16-17H2,1-2H3,(H,28,32). The number of amides is 1. The summed E-state index contributed by atoms with van der Waals surface area (Å²) in [5, 5.41) is 8.27. The van der Waals surface area contributed by atoms with Gasteiger partial charge in [0.15, 0.2) is 5.69 Å². The molecular formula is C26H25FN4O2. The van der Waals surface area contributed by atoms with Crippen LogP contribution in [0.1, 0.15) is 27.7 Å². The summed E-state index contributed by atoms with van der Waals surface area (Å²) in [6.07, 6.45) is 0. The van der Waals surface area contributed by atoms with Gasteiger partial charge in [-0.3, -0.25) is 9.59 Å². The van der Waals surface area contributed by atoms with Crippen LogP contribution in [0.2, 0.25) is 0 Å². The molecule has 0 bridgehead atoms. The number of carbonyl (C=O) groups is 1. The molecule has 1 unspecified atom stereocenters. The molecule has 1 amide bonds. The summed E-state index contributed by atoms with van der Waals surface area (Å²) < 4.78 is 15.1. The summed E-state index contributed by atoms with van der Waals surface area (Å²) in [4.78, 5) is 28.1. The largest absolute Gasteiger partial charge is 0.349 e. The molecule has 7 heteroatoms. The Morgan fingerprint density at radius 1 is 1.00 bits per heavy atom. The van der Waals surface area contributed by atoms with Crippen LogP contribution in [-0.4, -0.2) is 41.2 Å². The highest BCUT2D eigenvalue weighted by molar-refractivity contribution is 6.04. The van der Waals surface area contributed by atoms with Crippen molar-refractivity contribution >= 4 is 16.7 Å². The molecule has 0 saturated heterocycles. The van der Waals surface area contributed by atoms with E-state index < -0.39 is 5.91 Å². The number of benzene rings is 3. The molecule has 1 heterocycles. The molecule has 1 N–H and O–H groups in total. The molecule has 4 aromatic rings. The van der Waals surface area contributed by atoms with Gasteiger partial charge in [0.25, 0.3) is 11.5 Å². The number of halogens is 1. The van der Waals surface area contributed by atoms with Crippen LogP contribution in [-0.2, 0) is 6.54 Å². The van der Waals surface area contributed by atoms with Crippen molar-refractivity contribution in [2.45, 2.75) is 12.6 Å². The van der Waals surface area contributed by atoms with Gasteiger partial charge in [0.1, 0.15) is 5.82 Å². The lowest BCUT2D eigenvalue weighted by Gasteiger charge is -2.25. The summed E-state index contributed by atoms with van der Waals surface area (Å²) in [6, 6.07) is 22.6. The minimum absolute atomic E-state index is 0.179. The molecule has 6 nitrogen and oxygen atoms in total. The number of nitrogens with zero attached hydrogens (tertiary/aromatic N) is 3. The van der Waals surface area contributed by atoms with Gasteiger partial charge in [-0.15, -0.1) is 0 Å². The van der Waals surface area contributed by atoms with Crippen molar-refractivity contribution in [1.29, 1.82) is 0 Å². The molecule has 0 fully saturated rings. The summed E-state index contributed by atoms with van der Waals surface area (Å²) in [7, 11) is 3.74. The second-order valence-corrected chi connectivity index (χ2v) is 8.09. The monoisotopic (exact) mass is 444 g/mol. The van der Waals surface area contributed by atoms with Crippen LogP contribution < -0.4 is 10.9 Å². The fraction of sp³-hybridized carbons (Fsp3) is 0.192. The summed E-state index contributed by atoms with van der Waals surface area (Å²) in [5.41, 5.74) is 1.59. The van der Waals surface area contributed by atoms with Crippen molar-refractivity contribution < 1.29 is 9.18 Å². The van der Waals surface area contributed by atoms with Crippen LogP contribution >= 0.6 is 0 Å². The van der Waals surface area contributed by atoms with Crippen LogP contribution in [0.25, 0.3) is 10.8 Å². The van der Waals surface area contributed by atoms with Crippen molar-refractivity contribution in [2.24, 2.45) is 0 Å². The predicted molar refractivity (Wildman–Crippen MR) is 127 cm³/mol. The third kappa shape index (κ3) is 4.99. The lowest BCUT2D eigenvalue weighted by Crippen LogP contribution is -2.36. The Kier molecular flexibility index (Phi) is 6.60. The van der Waals surface area contributed by atoms with Gasteiger partial charge in [0.2, 0.25) is 0 Å². The van der Waals surface area contributed by atoms with Crippen LogP contribution in [0, 0.1) is 5.82 Å². The lowest BCUT2D eigenvalue weighted by molar-refractivity contribution is 0.0936. The maximum atomic E-state index is 13.7. The van der Waals surface area contributed by atoms with Gasteiger partial charge in [-0.2, -0.15) is 5.10 Å². The smallest absolute Gasteiger partial charge is 0.274 e. The van der Waals surface area contributed by atoms with E-state index in [4.69, 9.17) is 0 Å². The van der Waals surface area contributed by atoms with Crippen molar-refractivity contribution in [3.8, 4) is 0 Å². The average Bonchev–Trinajstić information content (AvgIpc) is 2.81. The van der Waals surface area contributed by atoms with Crippen LogP contribution in [0.4, 0.5) is 4.39 Å². The van der Waals surface area contributed by atoms with Gasteiger partial charge in [-0.05, 0) is 43.4 Å². The molecule has 0 spiro atoms. The molecule has 0 radical (unpaired) electrons. The zero-order chi connectivity index (χ0) is 23.4. The number of hydrogen-bond acceptors (Lipinski definition) is 4. The molecule has 0 saturated carbocycles. The molecule has 0 aliphatic rings. The Balaban J connectivity index is 1.66. The Morgan fingerprint density at radius 3 is 2.39 bits per heavy atom. The molecule has 168 valence electrons. The number of fused-ring (bicyclic) bond motifs is 1. The van der Waals surface area contributed by atoms with Gasteiger partial charge in [-0.25, -0.2) is 9.07 Å². The summed E-state index contributed by atoms with van der Waals surface area (Å²) >= 11 is 0. The van der Waals surface area contributed by atoms with Crippen LogP contribution in [0.3, 0.4) is 0 Å². The maximum absolute atomic E-state index is 13.7.